The van der Waals surface area contributed by atoms with Crippen LogP contribution in [-0.2, 0) is 4.79 Å². The van der Waals surface area contributed by atoms with Crippen LogP contribution in [0.5, 0.6) is 5.75 Å². The van der Waals surface area contributed by atoms with Crippen molar-refractivity contribution in [2.75, 3.05) is 12.4 Å². The fourth-order valence-corrected chi connectivity index (χ4v) is 3.68. The molecule has 0 saturated carbocycles. The van der Waals surface area contributed by atoms with E-state index in [1.165, 1.54) is 37.1 Å². The predicted octanol–water partition coefficient (Wildman–Crippen LogP) is 5.08. The molecule has 0 heterocycles. The van der Waals surface area contributed by atoms with Crippen molar-refractivity contribution < 1.29 is 14.5 Å². The number of anilines is 1. The summed E-state index contributed by atoms with van der Waals surface area (Å²) in [5.41, 5.74) is 1.13. The zero-order chi connectivity index (χ0) is 19.9. The molecular weight excluding hydrogens is 376 g/mol. The highest BCUT2D eigenvalue weighted by Gasteiger charge is 2.23. The summed E-state index contributed by atoms with van der Waals surface area (Å²) in [5.74, 6) is -0.00808. The number of nitrogens with zero attached hydrogens (tertiary/aromatic N) is 1. The molecule has 6 nitrogen and oxygen atoms in total. The largest absolute Gasteiger partial charge is 0.494 e. The first kappa shape index (κ1) is 19.4. The topological polar surface area (TPSA) is 81.5 Å². The van der Waals surface area contributed by atoms with Gasteiger partial charge < -0.3 is 10.1 Å². The first-order valence-corrected chi connectivity index (χ1v) is 9.36. The Balaban J connectivity index is 1.88. The van der Waals surface area contributed by atoms with E-state index in [-0.39, 0.29) is 17.3 Å². The lowest BCUT2D eigenvalue weighted by Gasteiger charge is -2.18. The third kappa shape index (κ3) is 4.69. The van der Waals surface area contributed by atoms with Crippen molar-refractivity contribution >= 4 is 29.0 Å². The number of hydrogen-bond donors (Lipinski definition) is 1. The van der Waals surface area contributed by atoms with Gasteiger partial charge >= 0.3 is 0 Å². The second-order valence-electron chi connectivity index (χ2n) is 5.85. The van der Waals surface area contributed by atoms with Gasteiger partial charge in [-0.15, -0.1) is 11.8 Å². The second-order valence-corrected chi connectivity index (χ2v) is 7.03. The Labute approximate surface area is 166 Å². The van der Waals surface area contributed by atoms with Crippen LogP contribution < -0.4 is 10.1 Å². The van der Waals surface area contributed by atoms with Crippen LogP contribution in [0.15, 0.2) is 83.8 Å². The maximum Gasteiger partial charge on any atom is 0.273 e. The number of non-ortho nitro benzene ring substituents is 1. The molecule has 0 aliphatic rings. The molecule has 0 aliphatic carbocycles. The highest BCUT2D eigenvalue weighted by Crippen LogP contribution is 2.37. The SMILES string of the molecule is COc1cc([N+](=O)[O-])ccc1NC(=O)[C@H](Sc1ccccc1)c1ccccc1. The summed E-state index contributed by atoms with van der Waals surface area (Å²) in [4.78, 5) is 24.5. The van der Waals surface area contributed by atoms with Crippen LogP contribution in [0, 0.1) is 10.1 Å². The summed E-state index contributed by atoms with van der Waals surface area (Å²) in [5, 5.41) is 13.3. The minimum atomic E-state index is -0.508. The van der Waals surface area contributed by atoms with E-state index in [0.29, 0.717) is 5.69 Å². The smallest absolute Gasteiger partial charge is 0.273 e. The number of hydrogen-bond acceptors (Lipinski definition) is 5. The lowest BCUT2D eigenvalue weighted by molar-refractivity contribution is -0.384. The average Bonchev–Trinajstić information content (AvgIpc) is 2.73. The molecule has 0 spiro atoms. The molecule has 1 atom stereocenters. The zero-order valence-electron chi connectivity index (χ0n) is 15.1. The molecule has 0 aromatic heterocycles. The van der Waals surface area contributed by atoms with Crippen LogP contribution in [0.1, 0.15) is 10.8 Å². The van der Waals surface area contributed by atoms with E-state index < -0.39 is 10.2 Å². The van der Waals surface area contributed by atoms with E-state index >= 15 is 0 Å². The molecule has 0 aliphatic heterocycles. The van der Waals surface area contributed by atoms with Crippen LogP contribution >= 0.6 is 11.8 Å². The Morgan fingerprint density at radius 3 is 2.29 bits per heavy atom. The Kier molecular flexibility index (Phi) is 6.29. The molecule has 0 saturated heterocycles. The van der Waals surface area contributed by atoms with Gasteiger partial charge in [-0.2, -0.15) is 0 Å². The number of amides is 1. The molecule has 142 valence electrons. The number of benzene rings is 3. The standard InChI is InChI=1S/C21H18N2O4S/c1-27-19-14-16(23(25)26)12-13-18(19)22-21(24)20(15-8-4-2-5-9-15)28-17-10-6-3-7-11-17/h2-14,20H,1H3,(H,22,24)/t20-/m1/s1. The molecule has 0 fully saturated rings. The average molecular weight is 394 g/mol. The fourth-order valence-electron chi connectivity index (χ4n) is 2.63. The molecule has 7 heteroatoms. The first-order valence-electron chi connectivity index (χ1n) is 8.48. The first-order chi connectivity index (χ1) is 13.6. The normalized spacial score (nSPS) is 11.5. The molecule has 28 heavy (non-hydrogen) atoms. The molecule has 3 aromatic carbocycles. The quantitative estimate of drug-likeness (QED) is 0.343. The van der Waals surface area contributed by atoms with Crippen molar-refractivity contribution in [2.24, 2.45) is 0 Å². The number of nitrogens with one attached hydrogen (secondary N) is 1. The van der Waals surface area contributed by atoms with Crippen molar-refractivity contribution in [3.8, 4) is 5.75 Å². The van der Waals surface area contributed by atoms with Crippen LogP contribution in [0.4, 0.5) is 11.4 Å². The van der Waals surface area contributed by atoms with Gasteiger partial charge in [0.05, 0.1) is 23.8 Å². The Bertz CT molecular complexity index is 965. The minimum absolute atomic E-state index is 0.104. The van der Waals surface area contributed by atoms with Crippen LogP contribution in [0.25, 0.3) is 0 Å². The molecule has 1 N–H and O–H groups in total. The number of carbonyl (C=O) groups is 1. The molecular formula is C21H18N2O4S. The third-order valence-electron chi connectivity index (χ3n) is 3.99. The molecule has 3 aromatic rings. The number of carbonyl (C=O) groups excluding carboxylic acids is 1. The third-order valence-corrected chi connectivity index (χ3v) is 5.26. The van der Waals surface area contributed by atoms with E-state index in [1.54, 1.807) is 0 Å². The Hall–Kier alpha value is -3.32. The summed E-state index contributed by atoms with van der Waals surface area (Å²) in [6, 6.07) is 23.2. The monoisotopic (exact) mass is 394 g/mol. The predicted molar refractivity (Wildman–Crippen MR) is 110 cm³/mol. The summed E-state index contributed by atoms with van der Waals surface area (Å²) in [6.45, 7) is 0. The second kappa shape index (κ2) is 9.05. The number of rotatable bonds is 7. The van der Waals surface area contributed by atoms with Gasteiger partial charge in [0.25, 0.3) is 5.69 Å². The van der Waals surface area contributed by atoms with Gasteiger partial charge in [-0.1, -0.05) is 48.5 Å². The van der Waals surface area contributed by atoms with E-state index in [0.717, 1.165) is 10.5 Å². The molecule has 0 radical (unpaired) electrons. The molecule has 0 bridgehead atoms. The highest BCUT2D eigenvalue weighted by atomic mass is 32.2. The van der Waals surface area contributed by atoms with Gasteiger partial charge in [0.2, 0.25) is 5.91 Å². The van der Waals surface area contributed by atoms with Gasteiger partial charge in [0.1, 0.15) is 11.0 Å². The number of thioether (sulfide) groups is 1. The van der Waals surface area contributed by atoms with Gasteiger partial charge in [0.15, 0.2) is 0 Å². The van der Waals surface area contributed by atoms with Crippen LogP contribution in [0.3, 0.4) is 0 Å². The van der Waals surface area contributed by atoms with Gasteiger partial charge in [-0.25, -0.2) is 0 Å². The summed E-state index contributed by atoms with van der Waals surface area (Å²) >= 11 is 1.43. The van der Waals surface area contributed by atoms with E-state index in [2.05, 4.69) is 5.32 Å². The number of ether oxygens (including phenoxy) is 1. The lowest BCUT2D eigenvalue weighted by Crippen LogP contribution is -2.19. The zero-order valence-corrected chi connectivity index (χ0v) is 15.9. The Morgan fingerprint density at radius 2 is 1.68 bits per heavy atom. The maximum atomic E-state index is 13.1. The van der Waals surface area contributed by atoms with E-state index in [9.17, 15) is 14.9 Å². The van der Waals surface area contributed by atoms with Gasteiger partial charge in [-0.3, -0.25) is 14.9 Å². The summed E-state index contributed by atoms with van der Waals surface area (Å²) in [6.07, 6.45) is 0. The van der Waals surface area contributed by atoms with E-state index in [4.69, 9.17) is 4.74 Å². The van der Waals surface area contributed by atoms with Gasteiger partial charge in [0, 0.05) is 11.0 Å². The molecule has 1 amide bonds. The number of nitro benzene ring substituents is 1. The lowest BCUT2D eigenvalue weighted by atomic mass is 10.1. The van der Waals surface area contributed by atoms with Crippen molar-refractivity contribution in [2.45, 2.75) is 10.1 Å². The number of nitro groups is 1. The Morgan fingerprint density at radius 1 is 1.04 bits per heavy atom. The van der Waals surface area contributed by atoms with Crippen molar-refractivity contribution in [1.29, 1.82) is 0 Å². The van der Waals surface area contributed by atoms with Crippen LogP contribution in [0.2, 0.25) is 0 Å². The summed E-state index contributed by atoms with van der Waals surface area (Å²) in [7, 11) is 1.40. The number of methoxy groups -OCH3 is 1. The maximum absolute atomic E-state index is 13.1. The van der Waals surface area contributed by atoms with Crippen molar-refractivity contribution in [1.82, 2.24) is 0 Å². The summed E-state index contributed by atoms with van der Waals surface area (Å²) < 4.78 is 5.21. The van der Waals surface area contributed by atoms with Crippen molar-refractivity contribution in [3.63, 3.8) is 0 Å². The van der Waals surface area contributed by atoms with Crippen molar-refractivity contribution in [3.05, 3.63) is 94.5 Å². The molecule has 0 unspecified atom stereocenters. The molecule has 3 rings (SSSR count). The highest BCUT2D eigenvalue weighted by molar-refractivity contribution is 8.00. The van der Waals surface area contributed by atoms with Gasteiger partial charge in [-0.05, 0) is 23.8 Å². The van der Waals surface area contributed by atoms with Crippen LogP contribution in [-0.4, -0.2) is 17.9 Å². The minimum Gasteiger partial charge on any atom is -0.494 e. The fraction of sp³-hybridized carbons (Fsp3) is 0.0952. The van der Waals surface area contributed by atoms with E-state index in [1.807, 2.05) is 60.7 Å².